The largest absolute Gasteiger partial charge is 0.370 e. The van der Waals surface area contributed by atoms with Crippen LogP contribution in [-0.4, -0.2) is 17.3 Å². The first-order valence-corrected chi connectivity index (χ1v) is 8.65. The number of ketones is 1. The molecule has 0 radical (unpaired) electrons. The van der Waals surface area contributed by atoms with Crippen LogP contribution in [0.15, 0.2) is 61.4 Å². The number of nitrogens with one attached hydrogen (secondary N) is 1. The summed E-state index contributed by atoms with van der Waals surface area (Å²) in [6.45, 7) is 6.25. The van der Waals surface area contributed by atoms with E-state index in [9.17, 15) is 9.18 Å². The van der Waals surface area contributed by atoms with Crippen molar-refractivity contribution < 1.29 is 13.8 Å². The Morgan fingerprint density at radius 3 is 2.48 bits per heavy atom. The maximum Gasteiger partial charge on any atom is 0.270 e. The van der Waals surface area contributed by atoms with Gasteiger partial charge in [0.05, 0.1) is 0 Å². The second-order valence-electron chi connectivity index (χ2n) is 5.71. The fourth-order valence-corrected chi connectivity index (χ4v) is 2.84. The molecule has 3 nitrogen and oxygen atoms in total. The summed E-state index contributed by atoms with van der Waals surface area (Å²) >= 11 is 5.43. The predicted octanol–water partition coefficient (Wildman–Crippen LogP) is 3.59. The van der Waals surface area contributed by atoms with Crippen LogP contribution in [0.25, 0.3) is 0 Å². The smallest absolute Gasteiger partial charge is 0.270 e. The van der Waals surface area contributed by atoms with Gasteiger partial charge < -0.3 is 5.32 Å². The first kappa shape index (κ1) is 18.9. The van der Waals surface area contributed by atoms with E-state index in [1.54, 1.807) is 10.6 Å². The van der Waals surface area contributed by atoms with Crippen molar-refractivity contribution in [2.24, 2.45) is 0 Å². The molecule has 0 amide bonds. The first-order chi connectivity index (χ1) is 12.1. The van der Waals surface area contributed by atoms with Gasteiger partial charge in [-0.2, -0.15) is 4.57 Å². The molecule has 1 aromatic heterocycles. The number of pyridine rings is 1. The van der Waals surface area contributed by atoms with Gasteiger partial charge in [-0.25, -0.2) is 4.39 Å². The predicted molar refractivity (Wildman–Crippen MR) is 101 cm³/mol. The maximum absolute atomic E-state index is 13.2. The third-order valence-electron chi connectivity index (χ3n) is 3.80. The molecule has 2 aromatic rings. The van der Waals surface area contributed by atoms with E-state index in [1.165, 1.54) is 29.8 Å². The van der Waals surface area contributed by atoms with Crippen molar-refractivity contribution in [3.05, 3.63) is 78.4 Å². The van der Waals surface area contributed by atoms with Gasteiger partial charge >= 0.3 is 0 Å². The number of rotatable bonds is 8. The lowest BCUT2D eigenvalue weighted by Crippen LogP contribution is -2.51. The molecule has 0 aliphatic carbocycles. The summed E-state index contributed by atoms with van der Waals surface area (Å²) in [7, 11) is 0. The van der Waals surface area contributed by atoms with E-state index in [4.69, 9.17) is 12.2 Å². The van der Waals surface area contributed by atoms with Gasteiger partial charge in [-0.3, -0.25) is 4.79 Å². The maximum atomic E-state index is 13.2. The molecule has 1 N–H and O–H groups in total. The number of aromatic nitrogens is 1. The summed E-state index contributed by atoms with van der Waals surface area (Å²) < 4.78 is 14.9. The molecular formula is C20H22FN2OS+. The molecule has 0 spiro atoms. The van der Waals surface area contributed by atoms with Crippen molar-refractivity contribution in [3.8, 4) is 0 Å². The Balaban J connectivity index is 2.34. The molecule has 1 atom stereocenters. The minimum absolute atomic E-state index is 0.185. The second kappa shape index (κ2) is 9.18. The number of hydrogen-bond acceptors (Lipinski definition) is 2. The third kappa shape index (κ3) is 5.03. The van der Waals surface area contributed by atoms with Crippen molar-refractivity contribution >= 4 is 23.0 Å². The fraction of sp³-hybridized carbons (Fsp3) is 0.250. The summed E-state index contributed by atoms with van der Waals surface area (Å²) in [5.41, 5.74) is 1.62. The Labute approximate surface area is 153 Å². The summed E-state index contributed by atoms with van der Waals surface area (Å²) in [5.74, 6) is -0.563. The number of carbonyl (C=O) groups is 1. The number of thiocarbonyl (C=S) groups is 1. The van der Waals surface area contributed by atoms with Gasteiger partial charge in [-0.05, 0) is 36.2 Å². The zero-order chi connectivity index (χ0) is 18.2. The van der Waals surface area contributed by atoms with Crippen LogP contribution < -0.4 is 9.88 Å². The van der Waals surface area contributed by atoms with E-state index in [0.717, 1.165) is 12.8 Å². The molecule has 0 unspecified atom stereocenters. The normalized spacial score (nSPS) is 11.6. The molecule has 2 rings (SSSR count). The van der Waals surface area contributed by atoms with Crippen molar-refractivity contribution in [2.45, 2.75) is 25.8 Å². The van der Waals surface area contributed by atoms with Crippen LogP contribution in [0.1, 0.15) is 35.3 Å². The molecule has 0 bridgehead atoms. The topological polar surface area (TPSA) is 33.0 Å². The van der Waals surface area contributed by atoms with Crippen molar-refractivity contribution in [1.29, 1.82) is 0 Å². The van der Waals surface area contributed by atoms with E-state index in [-0.39, 0.29) is 11.6 Å². The highest BCUT2D eigenvalue weighted by atomic mass is 32.1. The Kier molecular flexibility index (Phi) is 6.95. The minimum Gasteiger partial charge on any atom is -0.370 e. The molecule has 0 aliphatic heterocycles. The molecule has 25 heavy (non-hydrogen) atoms. The van der Waals surface area contributed by atoms with Gasteiger partial charge in [0, 0.05) is 24.2 Å². The molecule has 0 fully saturated rings. The number of Topliss-reactive ketones (excluding diaryl/α,β-unsaturated/α-hetero) is 1. The summed E-state index contributed by atoms with van der Waals surface area (Å²) in [5, 5.41) is 3.03. The zero-order valence-corrected chi connectivity index (χ0v) is 15.1. The molecule has 0 saturated carbocycles. The standard InChI is InChI=1S/C20H21FN2OS/c1-3-5-15-10-13-23(14-11-15)18(20(25)22-12-4-2)19(24)16-6-8-17(21)9-7-16/h4,6-11,13-14,18H,2-3,5,12H2,1H3/p+1/t18-/m0/s1. The molecule has 1 heterocycles. The van der Waals surface area contributed by atoms with Gasteiger partial charge in [0.25, 0.3) is 6.04 Å². The van der Waals surface area contributed by atoms with Crippen LogP contribution >= 0.6 is 12.2 Å². The summed E-state index contributed by atoms with van der Waals surface area (Å²) in [6, 6.07) is 8.81. The molecule has 130 valence electrons. The zero-order valence-electron chi connectivity index (χ0n) is 14.2. The number of hydrogen-bond donors (Lipinski definition) is 1. The lowest BCUT2D eigenvalue weighted by molar-refractivity contribution is -0.692. The SMILES string of the molecule is C=CCNC(=S)[C@H](C(=O)c1ccc(F)cc1)[n+]1ccc(CCC)cc1. The van der Waals surface area contributed by atoms with Crippen LogP contribution in [0, 0.1) is 5.82 Å². The third-order valence-corrected chi connectivity index (χ3v) is 4.17. The van der Waals surface area contributed by atoms with Crippen LogP contribution in [0.3, 0.4) is 0 Å². The average molecular weight is 357 g/mol. The van der Waals surface area contributed by atoms with Crippen LogP contribution in [0.5, 0.6) is 0 Å². The van der Waals surface area contributed by atoms with Crippen molar-refractivity contribution in [2.75, 3.05) is 6.54 Å². The monoisotopic (exact) mass is 357 g/mol. The molecular weight excluding hydrogens is 335 g/mol. The highest BCUT2D eigenvalue weighted by molar-refractivity contribution is 7.80. The summed E-state index contributed by atoms with van der Waals surface area (Å²) in [6.07, 6.45) is 7.44. The Hall–Kier alpha value is -2.40. The highest BCUT2D eigenvalue weighted by Crippen LogP contribution is 2.13. The lowest BCUT2D eigenvalue weighted by Gasteiger charge is -2.14. The molecule has 5 heteroatoms. The lowest BCUT2D eigenvalue weighted by atomic mass is 10.0. The number of halogens is 1. The van der Waals surface area contributed by atoms with Gasteiger partial charge in [0.2, 0.25) is 5.78 Å². The quantitative estimate of drug-likeness (QED) is 0.339. The number of aryl methyl sites for hydroxylation is 1. The highest BCUT2D eigenvalue weighted by Gasteiger charge is 2.32. The summed E-state index contributed by atoms with van der Waals surface area (Å²) in [4.78, 5) is 13.4. The van der Waals surface area contributed by atoms with Crippen LogP contribution in [0.2, 0.25) is 0 Å². The van der Waals surface area contributed by atoms with E-state index in [1.807, 2.05) is 24.5 Å². The Morgan fingerprint density at radius 1 is 1.28 bits per heavy atom. The van der Waals surface area contributed by atoms with Gasteiger partial charge in [-0.15, -0.1) is 6.58 Å². The van der Waals surface area contributed by atoms with Crippen molar-refractivity contribution in [3.63, 3.8) is 0 Å². The minimum atomic E-state index is -0.684. The van der Waals surface area contributed by atoms with Crippen LogP contribution in [0.4, 0.5) is 4.39 Å². The van der Waals surface area contributed by atoms with E-state index in [0.29, 0.717) is 17.1 Å². The van der Waals surface area contributed by atoms with E-state index >= 15 is 0 Å². The molecule has 0 saturated heterocycles. The first-order valence-electron chi connectivity index (χ1n) is 8.25. The second-order valence-corrected chi connectivity index (χ2v) is 6.15. The van der Waals surface area contributed by atoms with Crippen molar-refractivity contribution in [1.82, 2.24) is 5.32 Å². The molecule has 0 aliphatic rings. The van der Waals surface area contributed by atoms with E-state index in [2.05, 4.69) is 18.8 Å². The number of nitrogens with zero attached hydrogens (tertiary/aromatic N) is 1. The number of benzene rings is 1. The van der Waals surface area contributed by atoms with Gasteiger partial charge in [0.15, 0.2) is 17.4 Å². The number of carbonyl (C=O) groups excluding carboxylic acids is 1. The van der Waals surface area contributed by atoms with Crippen LogP contribution in [-0.2, 0) is 6.42 Å². The van der Waals surface area contributed by atoms with E-state index < -0.39 is 6.04 Å². The Bertz CT molecular complexity index is 741. The van der Waals surface area contributed by atoms with Gasteiger partial charge in [-0.1, -0.05) is 31.6 Å². The van der Waals surface area contributed by atoms with Gasteiger partial charge in [0.1, 0.15) is 5.82 Å². The fourth-order valence-electron chi connectivity index (χ4n) is 2.53. The molecule has 1 aromatic carbocycles. The average Bonchev–Trinajstić information content (AvgIpc) is 2.62. The Morgan fingerprint density at radius 2 is 1.92 bits per heavy atom.